The van der Waals surface area contributed by atoms with Gasteiger partial charge in [-0.15, -0.1) is 0 Å². The number of fused-ring (bicyclic) bond motifs is 1. The molecule has 140 valence electrons. The Hall–Kier alpha value is -2.76. The maximum atomic E-state index is 12.5. The van der Waals surface area contributed by atoms with E-state index >= 15 is 0 Å². The Kier molecular flexibility index (Phi) is 5.37. The summed E-state index contributed by atoms with van der Waals surface area (Å²) in [6.45, 7) is 1.89. The summed E-state index contributed by atoms with van der Waals surface area (Å²) in [6.07, 6.45) is 0. The van der Waals surface area contributed by atoms with E-state index in [1.807, 2.05) is 79.7 Å². The summed E-state index contributed by atoms with van der Waals surface area (Å²) in [4.78, 5) is 17.2. The number of halogens is 1. The molecule has 0 saturated heterocycles. The molecule has 1 amide bonds. The van der Waals surface area contributed by atoms with Crippen LogP contribution in [0.25, 0.3) is 16.7 Å². The number of thioether (sulfide) groups is 1. The summed E-state index contributed by atoms with van der Waals surface area (Å²) in [5.74, 6) is 0.157. The van der Waals surface area contributed by atoms with E-state index in [9.17, 15) is 4.79 Å². The van der Waals surface area contributed by atoms with Crippen LogP contribution >= 0.6 is 23.4 Å². The summed E-state index contributed by atoms with van der Waals surface area (Å²) in [6, 6.07) is 23.5. The molecular weight excluding hydrogens is 390 g/mol. The second kappa shape index (κ2) is 8.09. The topological polar surface area (TPSA) is 46.9 Å². The van der Waals surface area contributed by atoms with Crippen LogP contribution in [0.5, 0.6) is 0 Å². The molecule has 0 aliphatic heterocycles. The Morgan fingerprint density at radius 2 is 1.79 bits per heavy atom. The number of amides is 1. The predicted octanol–water partition coefficient (Wildman–Crippen LogP) is 5.72. The maximum absolute atomic E-state index is 12.5. The minimum absolute atomic E-state index is 0.0953. The van der Waals surface area contributed by atoms with Crippen LogP contribution in [0, 0.1) is 6.92 Å². The summed E-state index contributed by atoms with van der Waals surface area (Å²) >= 11 is 7.55. The molecule has 0 fully saturated rings. The van der Waals surface area contributed by atoms with Crippen LogP contribution < -0.4 is 5.32 Å². The van der Waals surface area contributed by atoms with Gasteiger partial charge >= 0.3 is 0 Å². The van der Waals surface area contributed by atoms with Crippen molar-refractivity contribution < 1.29 is 4.79 Å². The molecule has 0 radical (unpaired) electrons. The lowest BCUT2D eigenvalue weighted by Crippen LogP contribution is -2.15. The van der Waals surface area contributed by atoms with Crippen molar-refractivity contribution in [2.75, 3.05) is 11.1 Å². The van der Waals surface area contributed by atoms with Crippen molar-refractivity contribution in [2.24, 2.45) is 0 Å². The first kappa shape index (κ1) is 18.6. The minimum Gasteiger partial charge on any atom is -0.325 e. The molecule has 1 heterocycles. The number of nitrogens with zero attached hydrogens (tertiary/aromatic N) is 2. The first-order chi connectivity index (χ1) is 13.6. The van der Waals surface area contributed by atoms with Crippen LogP contribution in [0.4, 0.5) is 5.69 Å². The zero-order chi connectivity index (χ0) is 19.5. The Balaban J connectivity index is 1.58. The number of carbonyl (C=O) groups excluding carboxylic acids is 1. The van der Waals surface area contributed by atoms with E-state index in [1.165, 1.54) is 11.8 Å². The molecule has 0 spiro atoms. The van der Waals surface area contributed by atoms with Gasteiger partial charge in [-0.25, -0.2) is 4.98 Å². The van der Waals surface area contributed by atoms with E-state index in [0.717, 1.165) is 33.1 Å². The van der Waals surface area contributed by atoms with Crippen molar-refractivity contribution in [3.8, 4) is 5.69 Å². The van der Waals surface area contributed by atoms with Gasteiger partial charge in [-0.05, 0) is 48.9 Å². The molecule has 1 aromatic heterocycles. The van der Waals surface area contributed by atoms with Crippen molar-refractivity contribution >= 4 is 46.0 Å². The third-order valence-electron chi connectivity index (χ3n) is 4.42. The van der Waals surface area contributed by atoms with Gasteiger partial charge in [0.25, 0.3) is 0 Å². The molecule has 0 aliphatic rings. The molecule has 3 aromatic carbocycles. The van der Waals surface area contributed by atoms with Crippen molar-refractivity contribution in [2.45, 2.75) is 12.1 Å². The van der Waals surface area contributed by atoms with E-state index in [-0.39, 0.29) is 11.7 Å². The van der Waals surface area contributed by atoms with Crippen molar-refractivity contribution in [3.05, 3.63) is 83.4 Å². The van der Waals surface area contributed by atoms with Gasteiger partial charge < -0.3 is 5.32 Å². The average molecular weight is 408 g/mol. The molecule has 4 aromatic rings. The predicted molar refractivity (Wildman–Crippen MR) is 117 cm³/mol. The molecule has 0 unspecified atom stereocenters. The SMILES string of the molecule is Cc1c(Cl)cccc1NC(=O)CSc1nc2ccccc2n1-c1ccccc1. The molecule has 0 saturated carbocycles. The number of anilines is 1. The second-order valence-corrected chi connectivity index (χ2v) is 7.65. The van der Waals surface area contributed by atoms with Crippen molar-refractivity contribution in [1.29, 1.82) is 0 Å². The summed E-state index contributed by atoms with van der Waals surface area (Å²) in [7, 11) is 0. The van der Waals surface area contributed by atoms with Crippen LogP contribution in [-0.4, -0.2) is 21.2 Å². The van der Waals surface area contributed by atoms with Crippen molar-refractivity contribution in [3.63, 3.8) is 0 Å². The number of imidazole rings is 1. The van der Waals surface area contributed by atoms with Crippen LogP contribution in [0.2, 0.25) is 5.02 Å². The maximum Gasteiger partial charge on any atom is 0.234 e. The molecule has 0 aliphatic carbocycles. The lowest BCUT2D eigenvalue weighted by atomic mass is 10.2. The Labute approximate surface area is 172 Å². The molecule has 4 rings (SSSR count). The molecule has 6 heteroatoms. The lowest BCUT2D eigenvalue weighted by molar-refractivity contribution is -0.113. The van der Waals surface area contributed by atoms with Gasteiger partial charge in [-0.1, -0.05) is 59.8 Å². The fourth-order valence-corrected chi connectivity index (χ4v) is 3.99. The number of para-hydroxylation sites is 3. The highest BCUT2D eigenvalue weighted by Crippen LogP contribution is 2.28. The molecule has 28 heavy (non-hydrogen) atoms. The third-order valence-corrected chi connectivity index (χ3v) is 5.77. The summed E-state index contributed by atoms with van der Waals surface area (Å²) < 4.78 is 2.08. The normalized spacial score (nSPS) is 10.9. The number of benzene rings is 3. The average Bonchev–Trinajstić information content (AvgIpc) is 3.09. The molecule has 0 atom stereocenters. The lowest BCUT2D eigenvalue weighted by Gasteiger charge is -2.10. The van der Waals surface area contributed by atoms with E-state index in [4.69, 9.17) is 16.6 Å². The highest BCUT2D eigenvalue weighted by molar-refractivity contribution is 7.99. The number of carbonyl (C=O) groups is 1. The largest absolute Gasteiger partial charge is 0.325 e. The highest BCUT2D eigenvalue weighted by atomic mass is 35.5. The fourth-order valence-electron chi connectivity index (χ4n) is 2.99. The quantitative estimate of drug-likeness (QED) is 0.430. The Morgan fingerprint density at radius 3 is 2.61 bits per heavy atom. The molecule has 1 N–H and O–H groups in total. The third kappa shape index (κ3) is 3.77. The summed E-state index contributed by atoms with van der Waals surface area (Å²) in [5, 5.41) is 4.35. The first-order valence-electron chi connectivity index (χ1n) is 8.84. The first-order valence-corrected chi connectivity index (χ1v) is 10.2. The zero-order valence-electron chi connectivity index (χ0n) is 15.2. The highest BCUT2D eigenvalue weighted by Gasteiger charge is 2.15. The fraction of sp³-hybridized carbons (Fsp3) is 0.0909. The number of aromatic nitrogens is 2. The number of rotatable bonds is 5. The number of hydrogen-bond donors (Lipinski definition) is 1. The Bertz CT molecular complexity index is 1140. The van der Waals surface area contributed by atoms with E-state index < -0.39 is 0 Å². The van der Waals surface area contributed by atoms with Crippen LogP contribution in [-0.2, 0) is 4.79 Å². The van der Waals surface area contributed by atoms with Gasteiger partial charge in [0.05, 0.1) is 16.8 Å². The van der Waals surface area contributed by atoms with Gasteiger partial charge in [0.15, 0.2) is 5.16 Å². The van der Waals surface area contributed by atoms with Crippen LogP contribution in [0.1, 0.15) is 5.56 Å². The van der Waals surface area contributed by atoms with Gasteiger partial charge in [-0.2, -0.15) is 0 Å². The van der Waals surface area contributed by atoms with Crippen LogP contribution in [0.3, 0.4) is 0 Å². The molecule has 4 nitrogen and oxygen atoms in total. The van der Waals surface area contributed by atoms with Gasteiger partial charge in [0.2, 0.25) is 5.91 Å². The monoisotopic (exact) mass is 407 g/mol. The zero-order valence-corrected chi connectivity index (χ0v) is 16.8. The molecule has 0 bridgehead atoms. The molecular formula is C22H18ClN3OS. The van der Waals surface area contributed by atoms with E-state index in [2.05, 4.69) is 9.88 Å². The summed E-state index contributed by atoms with van der Waals surface area (Å²) in [5.41, 5.74) is 4.53. The van der Waals surface area contributed by atoms with Crippen molar-refractivity contribution in [1.82, 2.24) is 9.55 Å². The standard InChI is InChI=1S/C22H18ClN3OS/c1-15-17(23)10-7-12-18(15)24-21(27)14-28-22-25-19-11-5-6-13-20(19)26(22)16-8-3-2-4-9-16/h2-13H,14H2,1H3,(H,24,27). The number of nitrogens with one attached hydrogen (secondary N) is 1. The van der Waals surface area contributed by atoms with E-state index in [1.54, 1.807) is 0 Å². The van der Waals surface area contributed by atoms with Crippen LogP contribution in [0.15, 0.2) is 78.0 Å². The van der Waals surface area contributed by atoms with Gasteiger partial charge in [-0.3, -0.25) is 9.36 Å². The minimum atomic E-state index is -0.0953. The number of hydrogen-bond acceptors (Lipinski definition) is 3. The smallest absolute Gasteiger partial charge is 0.234 e. The van der Waals surface area contributed by atoms with E-state index in [0.29, 0.717) is 5.02 Å². The Morgan fingerprint density at radius 1 is 1.04 bits per heavy atom. The van der Waals surface area contributed by atoms with Gasteiger partial charge in [0.1, 0.15) is 0 Å². The second-order valence-electron chi connectivity index (χ2n) is 6.30. The van der Waals surface area contributed by atoms with Gasteiger partial charge in [0, 0.05) is 16.4 Å².